The fourth-order valence-corrected chi connectivity index (χ4v) is 3.05. The highest BCUT2D eigenvalue weighted by Gasteiger charge is 2.37. The fraction of sp³-hybridized carbons (Fsp3) is 1.00. The molecule has 1 aliphatic carbocycles. The summed E-state index contributed by atoms with van der Waals surface area (Å²) in [5, 5.41) is 0. The van der Waals surface area contributed by atoms with Gasteiger partial charge in [0.05, 0.1) is 0 Å². The van der Waals surface area contributed by atoms with E-state index < -0.39 is 0 Å². The zero-order valence-electron chi connectivity index (χ0n) is 12.7. The van der Waals surface area contributed by atoms with Gasteiger partial charge >= 0.3 is 0 Å². The zero-order chi connectivity index (χ0) is 13.2. The van der Waals surface area contributed by atoms with E-state index in [9.17, 15) is 0 Å². The number of rotatable bonds is 4. The highest BCUT2D eigenvalue weighted by atomic mass is 15.1. The van der Waals surface area contributed by atoms with Gasteiger partial charge in [-0.3, -0.25) is 0 Å². The van der Waals surface area contributed by atoms with E-state index in [2.05, 4.69) is 46.6 Å². The molecule has 0 aliphatic heterocycles. The Morgan fingerprint density at radius 1 is 1.29 bits per heavy atom. The van der Waals surface area contributed by atoms with Crippen molar-refractivity contribution in [1.82, 2.24) is 4.90 Å². The van der Waals surface area contributed by atoms with Crippen LogP contribution in [-0.2, 0) is 0 Å². The Balaban J connectivity index is 2.56. The molecule has 0 amide bonds. The number of nitrogens with two attached hydrogens (primary N) is 1. The van der Waals surface area contributed by atoms with Gasteiger partial charge in [0.2, 0.25) is 0 Å². The Labute approximate surface area is 108 Å². The van der Waals surface area contributed by atoms with Gasteiger partial charge in [0.25, 0.3) is 0 Å². The van der Waals surface area contributed by atoms with Crippen molar-refractivity contribution in [3.63, 3.8) is 0 Å². The topological polar surface area (TPSA) is 29.3 Å². The number of hydrogen-bond donors (Lipinski definition) is 1. The maximum atomic E-state index is 6.45. The SMILES string of the molecule is CC(C)C(C)N(C)CC1CCCC(C)(C)C1N. The number of nitrogens with zero attached hydrogens (tertiary/aromatic N) is 1. The molecule has 1 saturated carbocycles. The summed E-state index contributed by atoms with van der Waals surface area (Å²) in [6.07, 6.45) is 3.93. The van der Waals surface area contributed by atoms with Crippen LogP contribution in [0.15, 0.2) is 0 Å². The van der Waals surface area contributed by atoms with Crippen LogP contribution in [0, 0.1) is 17.3 Å². The molecule has 0 aromatic rings. The molecule has 1 aliphatic rings. The average molecular weight is 240 g/mol. The molecule has 1 fully saturated rings. The second kappa shape index (κ2) is 5.71. The minimum absolute atomic E-state index is 0.324. The maximum Gasteiger partial charge on any atom is 0.0131 e. The molecule has 2 N–H and O–H groups in total. The summed E-state index contributed by atoms with van der Waals surface area (Å²) in [6.45, 7) is 12.7. The lowest BCUT2D eigenvalue weighted by Crippen LogP contribution is -2.51. The summed E-state index contributed by atoms with van der Waals surface area (Å²) < 4.78 is 0. The van der Waals surface area contributed by atoms with Crippen LogP contribution in [0.4, 0.5) is 0 Å². The standard InChI is InChI=1S/C15H32N2/c1-11(2)12(3)17(6)10-13-8-7-9-15(4,5)14(13)16/h11-14H,7-10,16H2,1-6H3. The smallest absolute Gasteiger partial charge is 0.0131 e. The van der Waals surface area contributed by atoms with Gasteiger partial charge in [-0.15, -0.1) is 0 Å². The van der Waals surface area contributed by atoms with Crippen LogP contribution in [-0.4, -0.2) is 30.6 Å². The van der Waals surface area contributed by atoms with E-state index in [1.807, 2.05) is 0 Å². The predicted octanol–water partition coefficient (Wildman–Crippen LogP) is 3.12. The first-order valence-electron chi connectivity index (χ1n) is 7.21. The second-order valence-corrected chi connectivity index (χ2v) is 7.09. The van der Waals surface area contributed by atoms with Gasteiger partial charge < -0.3 is 10.6 Å². The summed E-state index contributed by atoms with van der Waals surface area (Å²) in [5.41, 5.74) is 6.78. The quantitative estimate of drug-likeness (QED) is 0.818. The van der Waals surface area contributed by atoms with E-state index in [1.165, 1.54) is 19.3 Å². The van der Waals surface area contributed by atoms with Crippen molar-refractivity contribution in [1.29, 1.82) is 0 Å². The van der Waals surface area contributed by atoms with Crippen LogP contribution in [0.1, 0.15) is 53.9 Å². The van der Waals surface area contributed by atoms with E-state index in [-0.39, 0.29) is 0 Å². The summed E-state index contributed by atoms with van der Waals surface area (Å²) in [6, 6.07) is 1.00. The molecule has 2 nitrogen and oxygen atoms in total. The molecule has 0 radical (unpaired) electrons. The lowest BCUT2D eigenvalue weighted by atomic mass is 9.68. The van der Waals surface area contributed by atoms with Crippen molar-refractivity contribution < 1.29 is 0 Å². The van der Waals surface area contributed by atoms with E-state index in [0.717, 1.165) is 6.54 Å². The first-order valence-corrected chi connectivity index (χ1v) is 7.21. The zero-order valence-corrected chi connectivity index (χ0v) is 12.7. The van der Waals surface area contributed by atoms with Crippen molar-refractivity contribution >= 4 is 0 Å². The van der Waals surface area contributed by atoms with Gasteiger partial charge in [-0.25, -0.2) is 0 Å². The maximum absolute atomic E-state index is 6.45. The van der Waals surface area contributed by atoms with Gasteiger partial charge in [-0.05, 0) is 44.1 Å². The third kappa shape index (κ3) is 3.69. The predicted molar refractivity (Wildman–Crippen MR) is 76.0 cm³/mol. The van der Waals surface area contributed by atoms with E-state index >= 15 is 0 Å². The summed E-state index contributed by atoms with van der Waals surface area (Å²) in [5.74, 6) is 1.39. The van der Waals surface area contributed by atoms with Crippen molar-refractivity contribution in [3.8, 4) is 0 Å². The van der Waals surface area contributed by atoms with Gasteiger partial charge in [0.15, 0.2) is 0 Å². The Morgan fingerprint density at radius 3 is 2.41 bits per heavy atom. The van der Waals surface area contributed by atoms with Crippen LogP contribution >= 0.6 is 0 Å². The highest BCUT2D eigenvalue weighted by Crippen LogP contribution is 2.38. The lowest BCUT2D eigenvalue weighted by Gasteiger charge is -2.44. The molecule has 0 bridgehead atoms. The first kappa shape index (κ1) is 15.0. The molecule has 0 aromatic heterocycles. The van der Waals surface area contributed by atoms with E-state index in [4.69, 9.17) is 5.73 Å². The van der Waals surface area contributed by atoms with Crippen LogP contribution in [0.5, 0.6) is 0 Å². The molecule has 1 rings (SSSR count). The largest absolute Gasteiger partial charge is 0.327 e. The third-order valence-corrected chi connectivity index (χ3v) is 4.99. The van der Waals surface area contributed by atoms with E-state index in [0.29, 0.717) is 29.3 Å². The molecule has 0 heterocycles. The minimum Gasteiger partial charge on any atom is -0.327 e. The molecular weight excluding hydrogens is 208 g/mol. The Morgan fingerprint density at radius 2 is 1.88 bits per heavy atom. The van der Waals surface area contributed by atoms with Crippen molar-refractivity contribution in [2.75, 3.05) is 13.6 Å². The Hall–Kier alpha value is -0.0800. The summed E-state index contributed by atoms with van der Waals surface area (Å²) in [4.78, 5) is 2.50. The van der Waals surface area contributed by atoms with Crippen molar-refractivity contribution in [2.24, 2.45) is 23.0 Å². The molecule has 3 unspecified atom stereocenters. The third-order valence-electron chi connectivity index (χ3n) is 4.99. The normalized spacial score (nSPS) is 30.9. The van der Waals surface area contributed by atoms with Crippen molar-refractivity contribution in [3.05, 3.63) is 0 Å². The lowest BCUT2D eigenvalue weighted by molar-refractivity contribution is 0.0901. The molecule has 0 aromatic carbocycles. The second-order valence-electron chi connectivity index (χ2n) is 7.09. The molecule has 2 heteroatoms. The minimum atomic E-state index is 0.324. The monoisotopic (exact) mass is 240 g/mol. The average Bonchev–Trinajstić information content (AvgIpc) is 2.23. The molecule has 0 saturated heterocycles. The van der Waals surface area contributed by atoms with Crippen LogP contribution in [0.2, 0.25) is 0 Å². The van der Waals surface area contributed by atoms with Crippen molar-refractivity contribution in [2.45, 2.75) is 66.0 Å². The van der Waals surface area contributed by atoms with Gasteiger partial charge in [0.1, 0.15) is 0 Å². The van der Waals surface area contributed by atoms with Gasteiger partial charge in [-0.2, -0.15) is 0 Å². The molecule has 102 valence electrons. The highest BCUT2D eigenvalue weighted by molar-refractivity contribution is 4.92. The summed E-state index contributed by atoms with van der Waals surface area (Å²) >= 11 is 0. The Bertz CT molecular complexity index is 235. The summed E-state index contributed by atoms with van der Waals surface area (Å²) in [7, 11) is 2.25. The van der Waals surface area contributed by atoms with Crippen LogP contribution in [0.3, 0.4) is 0 Å². The molecule has 17 heavy (non-hydrogen) atoms. The Kier molecular flexibility index (Phi) is 5.03. The molecule has 0 spiro atoms. The van der Waals surface area contributed by atoms with Crippen LogP contribution < -0.4 is 5.73 Å². The van der Waals surface area contributed by atoms with Gasteiger partial charge in [-0.1, -0.05) is 34.1 Å². The molecule has 3 atom stereocenters. The fourth-order valence-electron chi connectivity index (χ4n) is 3.05. The van der Waals surface area contributed by atoms with Gasteiger partial charge in [0, 0.05) is 18.6 Å². The molecular formula is C15H32N2. The number of hydrogen-bond acceptors (Lipinski definition) is 2. The van der Waals surface area contributed by atoms with E-state index in [1.54, 1.807) is 0 Å². The van der Waals surface area contributed by atoms with Crippen LogP contribution in [0.25, 0.3) is 0 Å². The first-order chi connectivity index (χ1) is 7.75.